The summed E-state index contributed by atoms with van der Waals surface area (Å²) in [5.74, 6) is -0.0406. The van der Waals surface area contributed by atoms with Crippen molar-refractivity contribution in [3.8, 4) is 22.5 Å². The molecule has 0 amide bonds. The van der Waals surface area contributed by atoms with Gasteiger partial charge in [-0.3, -0.25) is 9.36 Å². The van der Waals surface area contributed by atoms with E-state index in [1.165, 1.54) is 4.57 Å². The van der Waals surface area contributed by atoms with Gasteiger partial charge in [-0.1, -0.05) is 75.2 Å². The van der Waals surface area contributed by atoms with Crippen molar-refractivity contribution in [2.24, 2.45) is 0 Å². The largest absolute Gasteiger partial charge is 0.335 e. The van der Waals surface area contributed by atoms with Gasteiger partial charge >= 0.3 is 5.69 Å². The van der Waals surface area contributed by atoms with Gasteiger partial charge in [-0.15, -0.1) is 5.10 Å². The molecular weight excluding hydrogens is 466 g/mol. The number of nitrogens with one attached hydrogen (secondary N) is 1. The van der Waals surface area contributed by atoms with Crippen molar-refractivity contribution in [1.82, 2.24) is 29.8 Å². The van der Waals surface area contributed by atoms with Crippen LogP contribution in [0.1, 0.15) is 67.7 Å². The molecule has 36 heavy (non-hydrogen) atoms. The normalized spacial score (nSPS) is 11.4. The third kappa shape index (κ3) is 5.02. The number of hydrogen-bond acceptors (Lipinski definition) is 5. The molecule has 0 spiro atoms. The van der Waals surface area contributed by atoms with E-state index >= 15 is 0 Å². The lowest BCUT2D eigenvalue weighted by molar-refractivity contribution is 0.0854. The van der Waals surface area contributed by atoms with Crippen LogP contribution in [0.15, 0.2) is 53.3 Å². The summed E-state index contributed by atoms with van der Waals surface area (Å²) in [7, 11) is 0. The Morgan fingerprint density at radius 3 is 2.36 bits per heavy atom. The molecule has 4 rings (SSSR count). The van der Waals surface area contributed by atoms with Crippen molar-refractivity contribution in [2.45, 2.75) is 58.9 Å². The summed E-state index contributed by atoms with van der Waals surface area (Å²) in [4.78, 5) is 25.9. The lowest BCUT2D eigenvalue weighted by atomic mass is 9.98. The van der Waals surface area contributed by atoms with Crippen molar-refractivity contribution in [1.29, 1.82) is 0 Å². The Morgan fingerprint density at radius 1 is 1.03 bits per heavy atom. The smallest absolute Gasteiger partial charge is 0.291 e. The highest BCUT2D eigenvalue weighted by Gasteiger charge is 2.28. The van der Waals surface area contributed by atoms with Crippen molar-refractivity contribution < 1.29 is 13.6 Å². The maximum Gasteiger partial charge on any atom is 0.335 e. The lowest BCUT2D eigenvalue weighted by Gasteiger charge is -2.11. The van der Waals surface area contributed by atoms with E-state index in [0.29, 0.717) is 23.2 Å². The molecule has 188 valence electrons. The van der Waals surface area contributed by atoms with Gasteiger partial charge in [0.05, 0.1) is 6.54 Å². The zero-order valence-corrected chi connectivity index (χ0v) is 20.2. The molecule has 8 nitrogen and oxygen atoms in total. The number of unbranched alkanes of at least 4 members (excludes halogenated alkanes) is 1. The molecule has 0 saturated heterocycles. The molecule has 10 heteroatoms. The average molecular weight is 495 g/mol. The van der Waals surface area contributed by atoms with Crippen LogP contribution in [0.5, 0.6) is 0 Å². The predicted molar refractivity (Wildman–Crippen MR) is 132 cm³/mol. The van der Waals surface area contributed by atoms with Crippen LogP contribution >= 0.6 is 0 Å². The standard InChI is InChI=1S/C26H28F2N6O2/c1-3-5-11-22(35)34-23(24(27)28)21(8-4-2)33(26(34)36)16-17-12-14-18(15-13-17)19-9-6-7-10-20(19)25-29-31-32-30-25/h6-7,9-10,12-15,24H,3-5,8,11,16H2,1-2H3,(H,29,30,31,32). The monoisotopic (exact) mass is 494 g/mol. The highest BCUT2D eigenvalue weighted by atomic mass is 19.3. The second kappa shape index (κ2) is 11.2. The van der Waals surface area contributed by atoms with Gasteiger partial charge < -0.3 is 0 Å². The molecule has 0 aliphatic carbocycles. The molecular formula is C26H28F2N6O2. The van der Waals surface area contributed by atoms with E-state index in [-0.39, 0.29) is 25.1 Å². The van der Waals surface area contributed by atoms with Gasteiger partial charge in [0.25, 0.3) is 6.43 Å². The van der Waals surface area contributed by atoms with Crippen molar-refractivity contribution >= 4 is 5.91 Å². The number of alkyl halides is 2. The van der Waals surface area contributed by atoms with Crippen LogP contribution in [0.2, 0.25) is 0 Å². The van der Waals surface area contributed by atoms with Crippen molar-refractivity contribution in [3.05, 3.63) is 76.0 Å². The fraction of sp³-hybridized carbons (Fsp3) is 0.346. The molecule has 0 atom stereocenters. The third-order valence-corrected chi connectivity index (χ3v) is 6.10. The SMILES string of the molecule is CCCCC(=O)n1c(C(F)F)c(CCC)n(Cc2ccc(-c3ccccc3-c3nnn[nH]3)cc2)c1=O. The van der Waals surface area contributed by atoms with Crippen LogP contribution in [0.3, 0.4) is 0 Å². The zero-order valence-electron chi connectivity index (χ0n) is 20.2. The minimum atomic E-state index is -2.92. The number of aromatic nitrogens is 6. The Hall–Kier alpha value is -3.95. The molecule has 4 aromatic rings. The first-order valence-electron chi connectivity index (χ1n) is 12.0. The summed E-state index contributed by atoms with van der Waals surface area (Å²) < 4.78 is 30.2. The van der Waals surface area contributed by atoms with E-state index in [1.54, 1.807) is 0 Å². The van der Waals surface area contributed by atoms with Crippen LogP contribution in [0.4, 0.5) is 8.78 Å². The van der Waals surface area contributed by atoms with Gasteiger partial charge in [-0.2, -0.15) is 0 Å². The molecule has 0 saturated carbocycles. The molecule has 2 heterocycles. The van der Waals surface area contributed by atoms with Gasteiger partial charge in [-0.05, 0) is 40.0 Å². The Kier molecular flexibility index (Phi) is 7.82. The van der Waals surface area contributed by atoms with Crippen LogP contribution in [0, 0.1) is 0 Å². The summed E-state index contributed by atoms with van der Waals surface area (Å²) >= 11 is 0. The number of tetrazole rings is 1. The molecule has 0 unspecified atom stereocenters. The molecule has 2 aromatic carbocycles. The van der Waals surface area contributed by atoms with Crippen LogP contribution < -0.4 is 5.69 Å². The average Bonchev–Trinajstić information content (AvgIpc) is 3.51. The Bertz CT molecular complexity index is 1370. The minimum Gasteiger partial charge on any atom is -0.291 e. The van der Waals surface area contributed by atoms with Crippen LogP contribution in [-0.2, 0) is 13.0 Å². The quantitative estimate of drug-likeness (QED) is 0.324. The number of carbonyl (C=O) groups is 1. The number of carbonyl (C=O) groups excluding carboxylic acids is 1. The van der Waals surface area contributed by atoms with E-state index in [0.717, 1.165) is 28.7 Å². The van der Waals surface area contributed by atoms with Crippen LogP contribution in [-0.4, -0.2) is 35.7 Å². The fourth-order valence-corrected chi connectivity index (χ4v) is 4.36. The molecule has 0 aliphatic heterocycles. The molecule has 0 aliphatic rings. The number of benzene rings is 2. The Balaban J connectivity index is 1.70. The van der Waals surface area contributed by atoms with E-state index in [2.05, 4.69) is 20.6 Å². The molecule has 1 N–H and O–H groups in total. The van der Waals surface area contributed by atoms with E-state index in [9.17, 15) is 18.4 Å². The number of halogens is 2. The number of aromatic amines is 1. The van der Waals surface area contributed by atoms with Gasteiger partial charge in [-0.25, -0.2) is 23.2 Å². The number of nitrogens with zero attached hydrogens (tertiary/aromatic N) is 5. The molecule has 0 bridgehead atoms. The zero-order chi connectivity index (χ0) is 25.7. The summed E-state index contributed by atoms with van der Waals surface area (Å²) in [6.45, 7) is 3.86. The first-order chi connectivity index (χ1) is 17.5. The van der Waals surface area contributed by atoms with E-state index in [1.807, 2.05) is 62.4 Å². The lowest BCUT2D eigenvalue weighted by Crippen LogP contribution is -2.30. The number of H-pyrrole nitrogens is 1. The van der Waals surface area contributed by atoms with Crippen molar-refractivity contribution in [2.75, 3.05) is 0 Å². The van der Waals surface area contributed by atoms with E-state index < -0.39 is 23.7 Å². The third-order valence-electron chi connectivity index (χ3n) is 6.10. The van der Waals surface area contributed by atoms with Gasteiger partial charge in [0.2, 0.25) is 5.91 Å². The maximum absolute atomic E-state index is 14.1. The minimum absolute atomic E-state index is 0.0561. The topological polar surface area (TPSA) is 98.5 Å². The molecule has 0 radical (unpaired) electrons. The van der Waals surface area contributed by atoms with Crippen LogP contribution in [0.25, 0.3) is 22.5 Å². The summed E-state index contributed by atoms with van der Waals surface area (Å²) in [6.07, 6.45) is -0.751. The second-order valence-corrected chi connectivity index (χ2v) is 8.58. The van der Waals surface area contributed by atoms with Crippen molar-refractivity contribution in [3.63, 3.8) is 0 Å². The molecule has 0 fully saturated rings. The predicted octanol–water partition coefficient (Wildman–Crippen LogP) is 5.27. The number of rotatable bonds is 10. The van der Waals surface area contributed by atoms with Gasteiger partial charge in [0.1, 0.15) is 5.69 Å². The van der Waals surface area contributed by atoms with E-state index in [4.69, 9.17) is 0 Å². The van der Waals surface area contributed by atoms with Gasteiger partial charge in [0, 0.05) is 17.7 Å². The number of hydrogen-bond donors (Lipinski definition) is 1. The second-order valence-electron chi connectivity index (χ2n) is 8.58. The highest BCUT2D eigenvalue weighted by molar-refractivity contribution is 5.80. The first kappa shape index (κ1) is 25.2. The maximum atomic E-state index is 14.1. The number of imidazole rings is 1. The highest BCUT2D eigenvalue weighted by Crippen LogP contribution is 2.30. The fourth-order valence-electron chi connectivity index (χ4n) is 4.36. The summed E-state index contributed by atoms with van der Waals surface area (Å²) in [6, 6.07) is 15.2. The first-order valence-corrected chi connectivity index (χ1v) is 12.0. The Labute approximate surface area is 207 Å². The Morgan fingerprint density at radius 2 is 1.75 bits per heavy atom. The summed E-state index contributed by atoms with van der Waals surface area (Å²) in [5.41, 5.74) is 2.45. The summed E-state index contributed by atoms with van der Waals surface area (Å²) in [5, 5.41) is 14.1. The molecule has 2 aromatic heterocycles. The van der Waals surface area contributed by atoms with Gasteiger partial charge in [0.15, 0.2) is 5.82 Å².